The van der Waals surface area contributed by atoms with Crippen molar-refractivity contribution >= 4 is 16.0 Å². The van der Waals surface area contributed by atoms with Gasteiger partial charge in [-0.25, -0.2) is 17.9 Å². The fourth-order valence-electron chi connectivity index (χ4n) is 1.61. The molecule has 1 aromatic carbocycles. The van der Waals surface area contributed by atoms with Crippen molar-refractivity contribution in [1.82, 2.24) is 4.72 Å². The first-order valence-electron chi connectivity index (χ1n) is 5.35. The molecule has 0 heterocycles. The Morgan fingerprint density at radius 3 is 2.59 bits per heavy atom. The van der Waals surface area contributed by atoms with Crippen LogP contribution in [0.4, 0.5) is 0 Å². The molecule has 17 heavy (non-hydrogen) atoms. The lowest BCUT2D eigenvalue weighted by molar-refractivity contribution is 0.0696. The van der Waals surface area contributed by atoms with Gasteiger partial charge in [-0.2, -0.15) is 0 Å². The number of carboxylic acid groups (broad SMARTS) is 1. The zero-order chi connectivity index (χ0) is 12.5. The van der Waals surface area contributed by atoms with Crippen LogP contribution in [-0.4, -0.2) is 25.5 Å². The van der Waals surface area contributed by atoms with Gasteiger partial charge in [0.2, 0.25) is 10.0 Å². The minimum Gasteiger partial charge on any atom is -0.478 e. The molecule has 2 rings (SSSR count). The Labute approximate surface area is 99.5 Å². The van der Waals surface area contributed by atoms with E-state index in [-0.39, 0.29) is 16.5 Å². The summed E-state index contributed by atoms with van der Waals surface area (Å²) in [5.74, 6) is -1.13. The van der Waals surface area contributed by atoms with E-state index >= 15 is 0 Å². The van der Waals surface area contributed by atoms with E-state index in [1.165, 1.54) is 24.3 Å². The minimum atomic E-state index is -3.59. The summed E-state index contributed by atoms with van der Waals surface area (Å²) in [5, 5.41) is 8.80. The summed E-state index contributed by atoms with van der Waals surface area (Å²) in [6.07, 6.45) is 2.72. The highest BCUT2D eigenvalue weighted by molar-refractivity contribution is 7.89. The molecular formula is C11H13NO4S. The van der Waals surface area contributed by atoms with Crippen LogP contribution in [0.1, 0.15) is 29.6 Å². The maximum absolute atomic E-state index is 11.9. The summed E-state index contributed by atoms with van der Waals surface area (Å²) in [5.41, 5.74) is -0.0264. The average Bonchev–Trinajstić information content (AvgIpc) is 2.24. The number of benzene rings is 1. The average molecular weight is 255 g/mol. The van der Waals surface area contributed by atoms with Gasteiger partial charge in [0.25, 0.3) is 0 Å². The number of carboxylic acids is 1. The topological polar surface area (TPSA) is 83.5 Å². The second-order valence-corrected chi connectivity index (χ2v) is 5.80. The van der Waals surface area contributed by atoms with Gasteiger partial charge in [0, 0.05) is 6.04 Å². The predicted octanol–water partition coefficient (Wildman–Crippen LogP) is 1.22. The lowest BCUT2D eigenvalue weighted by Crippen LogP contribution is -2.39. The Kier molecular flexibility index (Phi) is 3.17. The molecule has 1 aliphatic rings. The fourth-order valence-corrected chi connectivity index (χ4v) is 2.96. The molecule has 1 aliphatic carbocycles. The summed E-state index contributed by atoms with van der Waals surface area (Å²) in [6, 6.07) is 5.36. The SMILES string of the molecule is O=C(O)c1cccc(S(=O)(=O)NC2CCC2)c1. The van der Waals surface area contributed by atoms with Crippen LogP contribution in [0, 0.1) is 0 Å². The van der Waals surface area contributed by atoms with Crippen LogP contribution in [0.3, 0.4) is 0 Å². The lowest BCUT2D eigenvalue weighted by Gasteiger charge is -2.26. The fraction of sp³-hybridized carbons (Fsp3) is 0.364. The standard InChI is InChI=1S/C11H13NO4S/c13-11(14)8-3-1-6-10(7-8)17(15,16)12-9-4-2-5-9/h1,3,6-7,9,12H,2,4-5H2,(H,13,14). The van der Waals surface area contributed by atoms with E-state index < -0.39 is 16.0 Å². The van der Waals surface area contributed by atoms with Crippen LogP contribution in [0.25, 0.3) is 0 Å². The van der Waals surface area contributed by atoms with Crippen molar-refractivity contribution in [3.63, 3.8) is 0 Å². The van der Waals surface area contributed by atoms with Gasteiger partial charge >= 0.3 is 5.97 Å². The van der Waals surface area contributed by atoms with Crippen molar-refractivity contribution in [2.75, 3.05) is 0 Å². The van der Waals surface area contributed by atoms with Gasteiger partial charge in [-0.1, -0.05) is 12.5 Å². The molecule has 2 N–H and O–H groups in total. The highest BCUT2D eigenvalue weighted by atomic mass is 32.2. The monoisotopic (exact) mass is 255 g/mol. The molecule has 0 radical (unpaired) electrons. The Hall–Kier alpha value is -1.40. The van der Waals surface area contributed by atoms with E-state index in [1.54, 1.807) is 0 Å². The van der Waals surface area contributed by atoms with Gasteiger partial charge in [-0.05, 0) is 31.0 Å². The first kappa shape index (κ1) is 12.1. The van der Waals surface area contributed by atoms with Crippen molar-refractivity contribution in [1.29, 1.82) is 0 Å². The molecule has 0 amide bonds. The number of hydrogen-bond donors (Lipinski definition) is 2. The van der Waals surface area contributed by atoms with Crippen molar-refractivity contribution in [3.8, 4) is 0 Å². The molecule has 6 heteroatoms. The van der Waals surface area contributed by atoms with Gasteiger partial charge in [-0.3, -0.25) is 0 Å². The van der Waals surface area contributed by atoms with Crippen molar-refractivity contribution in [2.24, 2.45) is 0 Å². The van der Waals surface area contributed by atoms with Crippen LogP contribution in [0.2, 0.25) is 0 Å². The number of nitrogens with one attached hydrogen (secondary N) is 1. The molecule has 0 bridgehead atoms. The van der Waals surface area contributed by atoms with Gasteiger partial charge in [0.05, 0.1) is 10.5 Å². The molecule has 5 nitrogen and oxygen atoms in total. The van der Waals surface area contributed by atoms with Crippen LogP contribution in [0.5, 0.6) is 0 Å². The zero-order valence-corrected chi connectivity index (χ0v) is 9.90. The predicted molar refractivity (Wildman–Crippen MR) is 61.4 cm³/mol. The third kappa shape index (κ3) is 2.65. The molecule has 0 aliphatic heterocycles. The summed E-state index contributed by atoms with van der Waals surface area (Å²) in [4.78, 5) is 10.8. The lowest BCUT2D eigenvalue weighted by atomic mass is 9.94. The highest BCUT2D eigenvalue weighted by Gasteiger charge is 2.25. The van der Waals surface area contributed by atoms with Crippen LogP contribution in [0.15, 0.2) is 29.2 Å². The molecule has 1 aromatic rings. The van der Waals surface area contributed by atoms with E-state index in [0.29, 0.717) is 0 Å². The van der Waals surface area contributed by atoms with Crippen molar-refractivity contribution < 1.29 is 18.3 Å². The van der Waals surface area contributed by atoms with Crippen molar-refractivity contribution in [2.45, 2.75) is 30.2 Å². The molecule has 1 saturated carbocycles. The first-order chi connectivity index (χ1) is 7.99. The smallest absolute Gasteiger partial charge is 0.335 e. The number of hydrogen-bond acceptors (Lipinski definition) is 3. The van der Waals surface area contributed by atoms with Crippen molar-refractivity contribution in [3.05, 3.63) is 29.8 Å². The third-order valence-corrected chi connectivity index (χ3v) is 4.34. The molecule has 0 aromatic heterocycles. The molecule has 92 valence electrons. The summed E-state index contributed by atoms with van der Waals surface area (Å²) in [7, 11) is -3.59. The van der Waals surface area contributed by atoms with Crippen LogP contribution >= 0.6 is 0 Å². The number of sulfonamides is 1. The largest absolute Gasteiger partial charge is 0.478 e. The normalized spacial score (nSPS) is 16.5. The number of rotatable bonds is 4. The van der Waals surface area contributed by atoms with E-state index in [9.17, 15) is 13.2 Å². The maximum atomic E-state index is 11.9. The van der Waals surface area contributed by atoms with E-state index in [0.717, 1.165) is 19.3 Å². The zero-order valence-electron chi connectivity index (χ0n) is 9.09. The summed E-state index contributed by atoms with van der Waals surface area (Å²) >= 11 is 0. The molecule has 0 unspecified atom stereocenters. The summed E-state index contributed by atoms with van der Waals surface area (Å²) in [6.45, 7) is 0. The summed E-state index contributed by atoms with van der Waals surface area (Å²) < 4.78 is 26.4. The molecule has 0 atom stereocenters. The van der Waals surface area contributed by atoms with Gasteiger partial charge in [-0.15, -0.1) is 0 Å². The van der Waals surface area contributed by atoms with E-state index in [4.69, 9.17) is 5.11 Å². The highest BCUT2D eigenvalue weighted by Crippen LogP contribution is 2.21. The van der Waals surface area contributed by atoms with Crippen LogP contribution in [-0.2, 0) is 10.0 Å². The quantitative estimate of drug-likeness (QED) is 0.847. The Balaban J connectivity index is 2.25. The second-order valence-electron chi connectivity index (χ2n) is 4.08. The minimum absolute atomic E-state index is 0.00398. The first-order valence-corrected chi connectivity index (χ1v) is 6.83. The number of carbonyl (C=O) groups is 1. The van der Waals surface area contributed by atoms with Gasteiger partial charge < -0.3 is 5.11 Å². The third-order valence-electron chi connectivity index (χ3n) is 2.82. The Bertz CT molecular complexity index is 534. The van der Waals surface area contributed by atoms with E-state index in [2.05, 4.69) is 4.72 Å². The van der Waals surface area contributed by atoms with E-state index in [1.807, 2.05) is 0 Å². The van der Waals surface area contributed by atoms with Gasteiger partial charge in [0.15, 0.2) is 0 Å². The maximum Gasteiger partial charge on any atom is 0.335 e. The molecular weight excluding hydrogens is 242 g/mol. The molecule has 0 saturated heterocycles. The Morgan fingerprint density at radius 2 is 2.06 bits per heavy atom. The second kappa shape index (κ2) is 4.46. The van der Waals surface area contributed by atoms with Gasteiger partial charge in [0.1, 0.15) is 0 Å². The number of aromatic carboxylic acids is 1. The molecule has 0 spiro atoms. The Morgan fingerprint density at radius 1 is 1.35 bits per heavy atom. The molecule has 1 fully saturated rings. The van der Waals surface area contributed by atoms with Crippen LogP contribution < -0.4 is 4.72 Å².